The molecule has 4 heterocycles. The first-order chi connectivity index (χ1) is 28.8. The van der Waals surface area contributed by atoms with E-state index >= 15 is 0 Å². The first kappa shape index (κ1) is 32.0. The Morgan fingerprint density at radius 2 is 0.759 bits per heavy atom. The number of hydrogen-bond acceptors (Lipinski definition) is 0. The number of rotatable bonds is 4. The summed E-state index contributed by atoms with van der Waals surface area (Å²) in [5.41, 5.74) is 13.3. The third kappa shape index (κ3) is 4.50. The number of para-hydroxylation sites is 4. The normalized spacial score (nSPS) is 12.1. The molecule has 0 unspecified atom stereocenters. The van der Waals surface area contributed by atoms with Gasteiger partial charge in [0.15, 0.2) is 0 Å². The average Bonchev–Trinajstić information content (AvgIpc) is 4.02. The monoisotopic (exact) mass is 803 g/mol. The number of fused-ring (bicyclic) bond motifs is 12. The molecule has 0 aliphatic rings. The topological polar surface area (TPSA) is 14.8 Å². The predicted molar refractivity (Wildman–Crippen MR) is 247 cm³/mol. The van der Waals surface area contributed by atoms with Crippen LogP contribution < -0.4 is 0 Å². The van der Waals surface area contributed by atoms with E-state index in [2.05, 4.69) is 214 Å². The summed E-state index contributed by atoms with van der Waals surface area (Å²) in [5.74, 6) is 0. The average molecular weight is 803 g/mol. The molecule has 0 aliphatic heterocycles. The molecule has 0 aliphatic carbocycles. The van der Waals surface area contributed by atoms with Crippen LogP contribution in [0, 0.1) is 0 Å². The fourth-order valence-electron chi connectivity index (χ4n) is 9.74. The molecular weight excluding hydrogens is 770 g/mol. The van der Waals surface area contributed by atoms with E-state index in [4.69, 9.17) is 0 Å². The third-order valence-corrected chi connectivity index (χ3v) is 14.6. The van der Waals surface area contributed by atoms with Crippen LogP contribution in [-0.4, -0.2) is 28.2 Å². The first-order valence-electron chi connectivity index (χ1n) is 19.8. The van der Waals surface area contributed by atoms with Gasteiger partial charge in [-0.2, -0.15) is 0 Å². The second-order valence-electron chi connectivity index (χ2n) is 15.3. The van der Waals surface area contributed by atoms with Gasteiger partial charge in [-0.3, -0.25) is 0 Å². The summed E-state index contributed by atoms with van der Waals surface area (Å²) in [6.07, 6.45) is 0. The third-order valence-electron chi connectivity index (χ3n) is 12.2. The fourth-order valence-corrected chi connectivity index (χ4v) is 12.2. The molecule has 13 rings (SSSR count). The van der Waals surface area contributed by atoms with E-state index in [9.17, 15) is 0 Å². The quantitative estimate of drug-likeness (QED) is 0.158. The Balaban J connectivity index is 1.09. The van der Waals surface area contributed by atoms with Gasteiger partial charge in [0.2, 0.25) is 0 Å². The molecular formula is C54H33N3Se. The first-order valence-corrected chi connectivity index (χ1v) is 21.6. The van der Waals surface area contributed by atoms with Gasteiger partial charge in [0.05, 0.1) is 11.0 Å². The zero-order chi connectivity index (χ0) is 37.9. The van der Waals surface area contributed by atoms with Crippen LogP contribution in [0.2, 0.25) is 0 Å². The van der Waals surface area contributed by atoms with Gasteiger partial charge in [0.1, 0.15) is 0 Å². The molecule has 58 heavy (non-hydrogen) atoms. The Morgan fingerprint density at radius 1 is 0.276 bits per heavy atom. The maximum atomic E-state index is 2.55. The van der Waals surface area contributed by atoms with Gasteiger partial charge in [-0.15, -0.1) is 0 Å². The molecule has 0 fully saturated rings. The van der Waals surface area contributed by atoms with E-state index in [1.54, 1.807) is 0 Å². The van der Waals surface area contributed by atoms with Crippen molar-refractivity contribution in [3.8, 4) is 28.2 Å². The van der Waals surface area contributed by atoms with Gasteiger partial charge in [0.25, 0.3) is 0 Å². The van der Waals surface area contributed by atoms with Crippen LogP contribution in [-0.2, 0) is 0 Å². The molecule has 0 radical (unpaired) electrons. The summed E-state index contributed by atoms with van der Waals surface area (Å²) in [6.45, 7) is 0. The summed E-state index contributed by atoms with van der Waals surface area (Å²) >= 11 is 0.219. The van der Waals surface area contributed by atoms with Crippen LogP contribution in [0.25, 0.3) is 113 Å². The van der Waals surface area contributed by atoms with Gasteiger partial charge >= 0.3 is 266 Å². The van der Waals surface area contributed by atoms with Gasteiger partial charge in [-0.1, -0.05) is 36.4 Å². The SMILES string of the molecule is c1ccc(-c2cc(-n3c4ccccc4c4ccc(-n5c6ccccc6c6cc(-n7c8ccccc8c8ccccc87)ccc65)cc43)c3c(c2)[se]c2ccccc23)cc1. The van der Waals surface area contributed by atoms with Crippen molar-refractivity contribution in [3.63, 3.8) is 0 Å². The van der Waals surface area contributed by atoms with Gasteiger partial charge < -0.3 is 4.57 Å². The van der Waals surface area contributed by atoms with E-state index < -0.39 is 0 Å². The van der Waals surface area contributed by atoms with E-state index in [1.165, 1.54) is 102 Å². The molecule has 9 aromatic carbocycles. The second kappa shape index (κ2) is 12.2. The molecule has 270 valence electrons. The predicted octanol–water partition coefficient (Wildman–Crippen LogP) is 14.0. The van der Waals surface area contributed by atoms with Crippen molar-refractivity contribution in [2.45, 2.75) is 0 Å². The van der Waals surface area contributed by atoms with E-state index in [-0.39, 0.29) is 14.5 Å². The van der Waals surface area contributed by atoms with Gasteiger partial charge in [-0.25, -0.2) is 0 Å². The van der Waals surface area contributed by atoms with Crippen LogP contribution in [0.15, 0.2) is 200 Å². The van der Waals surface area contributed by atoms with Crippen LogP contribution in [0.4, 0.5) is 0 Å². The Morgan fingerprint density at radius 3 is 1.41 bits per heavy atom. The summed E-state index contributed by atoms with van der Waals surface area (Å²) in [6, 6.07) is 74.2. The Hall–Kier alpha value is -7.10. The summed E-state index contributed by atoms with van der Waals surface area (Å²) in [5, 5.41) is 10.3. The van der Waals surface area contributed by atoms with Crippen molar-refractivity contribution in [3.05, 3.63) is 200 Å². The van der Waals surface area contributed by atoms with Crippen molar-refractivity contribution in [1.29, 1.82) is 0 Å². The van der Waals surface area contributed by atoms with Crippen molar-refractivity contribution in [2.75, 3.05) is 0 Å². The van der Waals surface area contributed by atoms with Crippen molar-refractivity contribution in [1.82, 2.24) is 13.7 Å². The maximum absolute atomic E-state index is 2.55. The Kier molecular flexibility index (Phi) is 6.74. The van der Waals surface area contributed by atoms with E-state index in [1.807, 2.05) is 0 Å². The number of benzene rings is 9. The molecule has 4 aromatic heterocycles. The van der Waals surface area contributed by atoms with Crippen molar-refractivity contribution in [2.24, 2.45) is 0 Å². The molecule has 0 N–H and O–H groups in total. The molecule has 3 nitrogen and oxygen atoms in total. The van der Waals surface area contributed by atoms with Crippen LogP contribution in [0.3, 0.4) is 0 Å². The number of aromatic nitrogens is 3. The Labute approximate surface area is 339 Å². The minimum absolute atomic E-state index is 0.219. The van der Waals surface area contributed by atoms with Crippen LogP contribution in [0.5, 0.6) is 0 Å². The van der Waals surface area contributed by atoms with E-state index in [0.29, 0.717) is 0 Å². The van der Waals surface area contributed by atoms with E-state index in [0.717, 1.165) is 11.4 Å². The van der Waals surface area contributed by atoms with Crippen molar-refractivity contribution >= 4 is 99.2 Å². The molecule has 0 atom stereocenters. The Bertz CT molecular complexity index is 3750. The fraction of sp³-hybridized carbons (Fsp3) is 0. The zero-order valence-electron chi connectivity index (χ0n) is 31.3. The van der Waals surface area contributed by atoms with Gasteiger partial charge in [-0.05, 0) is 12.1 Å². The minimum atomic E-state index is 0.219. The molecule has 0 amide bonds. The molecule has 0 spiro atoms. The summed E-state index contributed by atoms with van der Waals surface area (Å²) in [7, 11) is 0. The molecule has 13 aromatic rings. The molecule has 0 saturated heterocycles. The zero-order valence-corrected chi connectivity index (χ0v) is 33.0. The standard InChI is InChI=1S/C54H33N3Se/c1-2-14-34(15-3-1)35-30-51(54-43-20-8-13-25-52(43)58-53(54)31-35)57-48-24-12-6-18-40(48)42-28-26-37(33-50(42)57)56-47-23-11-7-19-41(47)44-32-36(27-29-49(44)56)55-45-21-9-4-16-38(45)39-17-5-10-22-46(39)55/h1-33H. The second-order valence-corrected chi connectivity index (χ2v) is 17.6. The van der Waals surface area contributed by atoms with Crippen molar-refractivity contribution < 1.29 is 0 Å². The summed E-state index contributed by atoms with van der Waals surface area (Å²) < 4.78 is 10.3. The van der Waals surface area contributed by atoms with Gasteiger partial charge in [0, 0.05) is 10.8 Å². The number of hydrogen-bond donors (Lipinski definition) is 0. The molecule has 0 saturated carbocycles. The molecule has 0 bridgehead atoms. The van der Waals surface area contributed by atoms with Crippen LogP contribution in [0.1, 0.15) is 0 Å². The molecule has 4 heteroatoms. The summed E-state index contributed by atoms with van der Waals surface area (Å²) in [4.78, 5) is 0. The number of nitrogens with zero attached hydrogens (tertiary/aromatic N) is 3. The van der Waals surface area contributed by atoms with Crippen LogP contribution >= 0.6 is 0 Å².